The fourth-order valence-electron chi connectivity index (χ4n) is 1.29. The van der Waals surface area contributed by atoms with E-state index in [4.69, 9.17) is 26.9 Å². The van der Waals surface area contributed by atoms with Gasteiger partial charge in [-0.3, -0.25) is 0 Å². The van der Waals surface area contributed by atoms with Crippen molar-refractivity contribution in [2.75, 3.05) is 0 Å². The van der Waals surface area contributed by atoms with Crippen LogP contribution in [0.25, 0.3) is 0 Å². The van der Waals surface area contributed by atoms with E-state index in [9.17, 15) is 0 Å². The number of benzene rings is 2. The number of hydrogen-bond donors (Lipinski definition) is 3. The number of hydrogen-bond acceptors (Lipinski definition) is 3. The molecule has 3 nitrogen and oxygen atoms in total. The lowest BCUT2D eigenvalue weighted by Crippen LogP contribution is -1.79. The lowest BCUT2D eigenvalue weighted by Gasteiger charge is -1.93. The molecule has 0 aliphatic heterocycles. The second-order valence-corrected chi connectivity index (χ2v) is 4.05. The zero-order valence-corrected chi connectivity index (χ0v) is 10.5. The van der Waals surface area contributed by atoms with Gasteiger partial charge in [0.05, 0.1) is 13.2 Å². The number of halogens is 1. The first-order chi connectivity index (χ1) is 8.65. The third-order valence-corrected chi connectivity index (χ3v) is 2.40. The van der Waals surface area contributed by atoms with E-state index in [1.54, 1.807) is 30.3 Å². The molecule has 0 bridgehead atoms. The molecule has 0 radical (unpaired) electrons. The molecule has 0 unspecified atom stereocenters. The highest BCUT2D eigenvalue weighted by atomic mass is 35.5. The predicted octanol–water partition coefficient (Wildman–Crippen LogP) is 2.72. The van der Waals surface area contributed by atoms with Crippen LogP contribution in [0.4, 0.5) is 0 Å². The highest BCUT2D eigenvalue weighted by Crippen LogP contribution is 2.10. The Morgan fingerprint density at radius 3 is 1.78 bits per heavy atom. The lowest BCUT2D eigenvalue weighted by atomic mass is 10.2. The van der Waals surface area contributed by atoms with Gasteiger partial charge >= 0.3 is 0 Å². The number of aliphatic hydroxyl groups excluding tert-OH is 2. The van der Waals surface area contributed by atoms with Crippen LogP contribution in [-0.2, 0) is 13.2 Å². The highest BCUT2D eigenvalue weighted by molar-refractivity contribution is 6.30. The molecule has 0 aliphatic rings. The van der Waals surface area contributed by atoms with Crippen LogP contribution in [0.15, 0.2) is 48.5 Å². The largest absolute Gasteiger partial charge is 0.508 e. The molecule has 0 saturated carbocycles. The van der Waals surface area contributed by atoms with Crippen molar-refractivity contribution in [3.63, 3.8) is 0 Å². The standard InChI is InChI=1S/C7H7ClO.C7H8O2/c8-7-3-1-2-6(4-7)5-9;8-5-6-2-1-3-7(9)4-6/h1-4,9H,5H2;1-4,8-9H,5H2. The van der Waals surface area contributed by atoms with Crippen molar-refractivity contribution in [2.24, 2.45) is 0 Å². The summed E-state index contributed by atoms with van der Waals surface area (Å²) in [6.07, 6.45) is 0. The van der Waals surface area contributed by atoms with Crippen LogP contribution in [0.5, 0.6) is 5.75 Å². The minimum atomic E-state index is -0.0194. The van der Waals surface area contributed by atoms with Gasteiger partial charge in [-0.1, -0.05) is 35.9 Å². The molecular formula is C14H15ClO3. The maximum atomic E-state index is 8.83. The molecule has 4 heteroatoms. The number of rotatable bonds is 2. The number of phenols is 1. The zero-order valence-electron chi connectivity index (χ0n) is 9.75. The minimum absolute atomic E-state index is 0.0194. The van der Waals surface area contributed by atoms with E-state index < -0.39 is 0 Å². The second kappa shape index (κ2) is 7.71. The molecule has 0 atom stereocenters. The Balaban J connectivity index is 0.000000180. The van der Waals surface area contributed by atoms with Crippen molar-refractivity contribution < 1.29 is 15.3 Å². The number of aromatic hydroxyl groups is 1. The molecule has 0 aliphatic carbocycles. The Labute approximate surface area is 111 Å². The number of aliphatic hydroxyl groups is 2. The van der Waals surface area contributed by atoms with Crippen molar-refractivity contribution >= 4 is 11.6 Å². The molecular weight excluding hydrogens is 252 g/mol. The van der Waals surface area contributed by atoms with Gasteiger partial charge in [-0.2, -0.15) is 0 Å². The lowest BCUT2D eigenvalue weighted by molar-refractivity contribution is 0.281. The molecule has 0 fully saturated rings. The Bertz CT molecular complexity index is 440. The summed E-state index contributed by atoms with van der Waals surface area (Å²) in [6.45, 7) is 0.0367. The van der Waals surface area contributed by atoms with E-state index in [2.05, 4.69) is 0 Å². The van der Waals surface area contributed by atoms with Gasteiger partial charge in [0.15, 0.2) is 0 Å². The summed E-state index contributed by atoms with van der Waals surface area (Å²) in [5, 5.41) is 26.7. The highest BCUT2D eigenvalue weighted by Gasteiger charge is 1.89. The van der Waals surface area contributed by atoms with Crippen LogP contribution in [0, 0.1) is 0 Å². The molecule has 0 spiro atoms. The molecule has 2 aromatic carbocycles. The molecule has 0 saturated heterocycles. The molecule has 0 heterocycles. The zero-order chi connectivity index (χ0) is 13.4. The Morgan fingerprint density at radius 1 is 0.833 bits per heavy atom. The second-order valence-electron chi connectivity index (χ2n) is 3.62. The van der Waals surface area contributed by atoms with Crippen LogP contribution in [0.3, 0.4) is 0 Å². The van der Waals surface area contributed by atoms with Gasteiger partial charge in [0, 0.05) is 5.02 Å². The third kappa shape index (κ3) is 5.19. The fourth-order valence-corrected chi connectivity index (χ4v) is 1.50. The molecule has 0 amide bonds. The van der Waals surface area contributed by atoms with E-state index in [1.807, 2.05) is 12.1 Å². The van der Waals surface area contributed by atoms with Gasteiger partial charge in [-0.15, -0.1) is 0 Å². The van der Waals surface area contributed by atoms with E-state index in [0.29, 0.717) is 5.02 Å². The minimum Gasteiger partial charge on any atom is -0.508 e. The molecule has 0 aromatic heterocycles. The van der Waals surface area contributed by atoms with Crippen molar-refractivity contribution in [1.82, 2.24) is 0 Å². The summed E-state index contributed by atoms with van der Waals surface area (Å²) in [4.78, 5) is 0. The van der Waals surface area contributed by atoms with E-state index >= 15 is 0 Å². The van der Waals surface area contributed by atoms with Crippen molar-refractivity contribution in [2.45, 2.75) is 13.2 Å². The summed E-state index contributed by atoms with van der Waals surface area (Å²) in [5.74, 6) is 0.196. The predicted molar refractivity (Wildman–Crippen MR) is 71.4 cm³/mol. The first-order valence-corrected chi connectivity index (χ1v) is 5.77. The van der Waals surface area contributed by atoms with Crippen LogP contribution in [0.1, 0.15) is 11.1 Å². The van der Waals surface area contributed by atoms with E-state index in [0.717, 1.165) is 11.1 Å². The summed E-state index contributed by atoms with van der Waals surface area (Å²) in [6, 6.07) is 13.7. The first-order valence-electron chi connectivity index (χ1n) is 5.39. The Hall–Kier alpha value is -1.55. The van der Waals surface area contributed by atoms with Crippen LogP contribution in [0.2, 0.25) is 5.02 Å². The maximum absolute atomic E-state index is 8.83. The van der Waals surface area contributed by atoms with E-state index in [-0.39, 0.29) is 19.0 Å². The monoisotopic (exact) mass is 266 g/mol. The molecule has 96 valence electrons. The van der Waals surface area contributed by atoms with Gasteiger partial charge in [0.25, 0.3) is 0 Å². The Kier molecular flexibility index (Phi) is 6.22. The number of phenolic OH excluding ortho intramolecular Hbond substituents is 1. The quantitative estimate of drug-likeness (QED) is 0.783. The smallest absolute Gasteiger partial charge is 0.115 e. The average molecular weight is 267 g/mol. The normalized spacial score (nSPS) is 9.50. The maximum Gasteiger partial charge on any atom is 0.115 e. The van der Waals surface area contributed by atoms with Gasteiger partial charge in [-0.05, 0) is 35.4 Å². The summed E-state index contributed by atoms with van der Waals surface area (Å²) >= 11 is 5.61. The Morgan fingerprint density at radius 2 is 1.39 bits per heavy atom. The van der Waals surface area contributed by atoms with Gasteiger partial charge in [-0.25, -0.2) is 0 Å². The van der Waals surface area contributed by atoms with E-state index in [1.165, 1.54) is 6.07 Å². The molecule has 3 N–H and O–H groups in total. The molecule has 2 aromatic rings. The summed E-state index contributed by atoms with van der Waals surface area (Å²) in [5.41, 5.74) is 1.58. The van der Waals surface area contributed by atoms with Gasteiger partial charge < -0.3 is 15.3 Å². The average Bonchev–Trinajstić information content (AvgIpc) is 2.39. The molecule has 2 rings (SSSR count). The first kappa shape index (κ1) is 14.5. The van der Waals surface area contributed by atoms with Crippen LogP contribution < -0.4 is 0 Å². The molecule has 18 heavy (non-hydrogen) atoms. The summed E-state index contributed by atoms with van der Waals surface area (Å²) in [7, 11) is 0. The van der Waals surface area contributed by atoms with Gasteiger partial charge in [0.2, 0.25) is 0 Å². The third-order valence-electron chi connectivity index (χ3n) is 2.16. The van der Waals surface area contributed by atoms with Gasteiger partial charge in [0.1, 0.15) is 5.75 Å². The van der Waals surface area contributed by atoms with Crippen molar-refractivity contribution in [1.29, 1.82) is 0 Å². The SMILES string of the molecule is OCc1cccc(Cl)c1.OCc1cccc(O)c1. The van der Waals surface area contributed by atoms with Crippen LogP contribution in [-0.4, -0.2) is 15.3 Å². The van der Waals surface area contributed by atoms with Crippen molar-refractivity contribution in [3.8, 4) is 5.75 Å². The summed E-state index contributed by atoms with van der Waals surface area (Å²) < 4.78 is 0. The topological polar surface area (TPSA) is 60.7 Å². The van der Waals surface area contributed by atoms with Crippen molar-refractivity contribution in [3.05, 3.63) is 64.7 Å². The van der Waals surface area contributed by atoms with Crippen LogP contribution >= 0.6 is 11.6 Å². The fraction of sp³-hybridized carbons (Fsp3) is 0.143.